The number of carbonyl (C=O) groups excluding carboxylic acids is 1. The molecule has 2 heteroatoms. The third-order valence-electron chi connectivity index (χ3n) is 2.17. The first-order chi connectivity index (χ1) is 6.22. The van der Waals surface area contributed by atoms with Gasteiger partial charge in [-0.15, -0.1) is 11.8 Å². The van der Waals surface area contributed by atoms with Crippen molar-refractivity contribution < 1.29 is 4.79 Å². The van der Waals surface area contributed by atoms with E-state index >= 15 is 0 Å². The van der Waals surface area contributed by atoms with E-state index in [2.05, 4.69) is 11.8 Å². The highest BCUT2D eigenvalue weighted by molar-refractivity contribution is 5.78. The van der Waals surface area contributed by atoms with Gasteiger partial charge in [-0.1, -0.05) is 13.8 Å². The summed E-state index contributed by atoms with van der Waals surface area (Å²) in [7, 11) is 0. The van der Waals surface area contributed by atoms with Crippen LogP contribution in [0.15, 0.2) is 0 Å². The average Bonchev–Trinajstić information content (AvgIpc) is 2.02. The second kappa shape index (κ2) is 4.91. The van der Waals surface area contributed by atoms with E-state index < -0.39 is 0 Å². The van der Waals surface area contributed by atoms with Gasteiger partial charge in [0.15, 0.2) is 0 Å². The fraction of sp³-hybridized carbons (Fsp3) is 0.727. The number of rotatable bonds is 1. The molecule has 0 fully saturated rings. The Hall–Kier alpha value is -0.970. The highest BCUT2D eigenvalue weighted by Gasteiger charge is 2.15. The normalized spacial score (nSPS) is 17.3. The van der Waals surface area contributed by atoms with Gasteiger partial charge in [-0.05, 0) is 6.42 Å². The lowest BCUT2D eigenvalue weighted by atomic mass is 10.1. The van der Waals surface area contributed by atoms with Gasteiger partial charge in [0.25, 0.3) is 0 Å². The molecule has 0 aromatic heterocycles. The lowest BCUT2D eigenvalue weighted by molar-refractivity contribution is -0.134. The predicted molar refractivity (Wildman–Crippen MR) is 53.0 cm³/mol. The summed E-state index contributed by atoms with van der Waals surface area (Å²) in [6, 6.07) is 0. The van der Waals surface area contributed by atoms with Crippen molar-refractivity contribution in [3.63, 3.8) is 0 Å². The van der Waals surface area contributed by atoms with E-state index in [0.29, 0.717) is 0 Å². The van der Waals surface area contributed by atoms with Crippen molar-refractivity contribution in [3.8, 4) is 11.8 Å². The number of hydrogen-bond acceptors (Lipinski definition) is 1. The highest BCUT2D eigenvalue weighted by Crippen LogP contribution is 2.06. The van der Waals surface area contributed by atoms with Gasteiger partial charge < -0.3 is 4.90 Å². The van der Waals surface area contributed by atoms with Crippen molar-refractivity contribution in [1.29, 1.82) is 0 Å². The van der Waals surface area contributed by atoms with Crippen LogP contribution in [0.2, 0.25) is 0 Å². The molecule has 1 rings (SSSR count). The first-order valence-corrected chi connectivity index (χ1v) is 4.96. The fourth-order valence-electron chi connectivity index (χ4n) is 1.42. The second-order valence-corrected chi connectivity index (χ2v) is 3.69. The van der Waals surface area contributed by atoms with Gasteiger partial charge in [0, 0.05) is 31.8 Å². The van der Waals surface area contributed by atoms with Gasteiger partial charge in [-0.2, -0.15) is 0 Å². The molecule has 1 aliphatic rings. The van der Waals surface area contributed by atoms with Crippen LogP contribution in [0.25, 0.3) is 0 Å². The lowest BCUT2D eigenvalue weighted by Gasteiger charge is -2.24. The van der Waals surface area contributed by atoms with Crippen molar-refractivity contribution >= 4 is 5.91 Å². The summed E-state index contributed by atoms with van der Waals surface area (Å²) >= 11 is 0. The summed E-state index contributed by atoms with van der Waals surface area (Å²) in [5.74, 6) is 6.54. The van der Waals surface area contributed by atoms with Gasteiger partial charge in [-0.25, -0.2) is 0 Å². The smallest absolute Gasteiger partial charge is 0.225 e. The third kappa shape index (κ3) is 3.10. The van der Waals surface area contributed by atoms with Crippen LogP contribution in [0, 0.1) is 17.8 Å². The maximum atomic E-state index is 11.6. The molecule has 0 spiro atoms. The van der Waals surface area contributed by atoms with Crippen LogP contribution in [0.5, 0.6) is 0 Å². The van der Waals surface area contributed by atoms with Gasteiger partial charge in [-0.3, -0.25) is 4.79 Å². The zero-order chi connectivity index (χ0) is 9.68. The predicted octanol–water partition coefficient (Wildman–Crippen LogP) is 1.66. The van der Waals surface area contributed by atoms with Crippen LogP contribution in [0.1, 0.15) is 33.1 Å². The van der Waals surface area contributed by atoms with E-state index in [0.717, 1.165) is 32.4 Å². The summed E-state index contributed by atoms with van der Waals surface area (Å²) < 4.78 is 0. The molecule has 0 aromatic rings. The quantitative estimate of drug-likeness (QED) is 0.561. The summed E-state index contributed by atoms with van der Waals surface area (Å²) in [4.78, 5) is 13.6. The molecule has 0 atom stereocenters. The monoisotopic (exact) mass is 179 g/mol. The second-order valence-electron chi connectivity index (χ2n) is 3.69. The minimum atomic E-state index is 0.118. The minimum Gasteiger partial charge on any atom is -0.341 e. The van der Waals surface area contributed by atoms with Gasteiger partial charge in [0.1, 0.15) is 0 Å². The largest absolute Gasteiger partial charge is 0.341 e. The first kappa shape index (κ1) is 10.1. The Bertz CT molecular complexity index is 234. The Labute approximate surface area is 80.3 Å². The van der Waals surface area contributed by atoms with Crippen molar-refractivity contribution in [2.24, 2.45) is 5.92 Å². The standard InChI is InChI=1S/C11H17NO/c1-10(2)11(13)12-8-6-4-3-5-7-9-12/h10H,4,6-9H2,1-2H3. The lowest BCUT2D eigenvalue weighted by Crippen LogP contribution is -2.36. The molecular weight excluding hydrogens is 162 g/mol. The number of amides is 1. The molecule has 0 aromatic carbocycles. The molecule has 1 heterocycles. The zero-order valence-electron chi connectivity index (χ0n) is 8.47. The van der Waals surface area contributed by atoms with Crippen molar-refractivity contribution in [1.82, 2.24) is 4.90 Å². The Morgan fingerprint density at radius 1 is 1.23 bits per heavy atom. The van der Waals surface area contributed by atoms with Crippen molar-refractivity contribution in [2.75, 3.05) is 13.1 Å². The average molecular weight is 179 g/mol. The Kier molecular flexibility index (Phi) is 3.82. The molecule has 1 aliphatic heterocycles. The topological polar surface area (TPSA) is 20.3 Å². The zero-order valence-corrected chi connectivity index (χ0v) is 8.47. The van der Waals surface area contributed by atoms with E-state index in [4.69, 9.17) is 0 Å². The molecule has 2 nitrogen and oxygen atoms in total. The van der Waals surface area contributed by atoms with E-state index in [9.17, 15) is 4.79 Å². The number of hydrogen-bond donors (Lipinski definition) is 0. The Morgan fingerprint density at radius 2 is 1.92 bits per heavy atom. The maximum Gasteiger partial charge on any atom is 0.225 e. The number of nitrogens with zero attached hydrogens (tertiary/aromatic N) is 1. The molecule has 0 N–H and O–H groups in total. The molecule has 0 saturated carbocycles. The van der Waals surface area contributed by atoms with Crippen LogP contribution in [0.4, 0.5) is 0 Å². The molecule has 1 amide bonds. The van der Waals surface area contributed by atoms with Crippen LogP contribution in [-0.4, -0.2) is 23.9 Å². The summed E-state index contributed by atoms with van der Waals surface area (Å²) in [6.45, 7) is 5.59. The molecular formula is C11H17NO. The van der Waals surface area contributed by atoms with Crippen LogP contribution in [-0.2, 0) is 4.79 Å². The molecule has 0 radical (unpaired) electrons. The summed E-state index contributed by atoms with van der Waals surface area (Å²) in [5, 5.41) is 0. The van der Waals surface area contributed by atoms with Gasteiger partial charge in [0.2, 0.25) is 5.91 Å². The Balaban J connectivity index is 2.50. The molecule has 13 heavy (non-hydrogen) atoms. The number of carbonyl (C=O) groups is 1. The first-order valence-electron chi connectivity index (χ1n) is 4.96. The maximum absolute atomic E-state index is 11.6. The summed E-state index contributed by atoms with van der Waals surface area (Å²) in [5.41, 5.74) is 0. The molecule has 0 bridgehead atoms. The Morgan fingerprint density at radius 3 is 2.62 bits per heavy atom. The van der Waals surface area contributed by atoms with E-state index in [1.807, 2.05) is 18.7 Å². The SMILES string of the molecule is CC(C)C(=O)N1CCC#CCCC1. The van der Waals surface area contributed by atoms with Crippen LogP contribution >= 0.6 is 0 Å². The van der Waals surface area contributed by atoms with Crippen LogP contribution in [0.3, 0.4) is 0 Å². The van der Waals surface area contributed by atoms with Crippen molar-refractivity contribution in [2.45, 2.75) is 33.1 Å². The van der Waals surface area contributed by atoms with Gasteiger partial charge in [0.05, 0.1) is 0 Å². The van der Waals surface area contributed by atoms with E-state index in [1.54, 1.807) is 0 Å². The molecule has 0 aliphatic carbocycles. The molecule has 0 unspecified atom stereocenters. The van der Waals surface area contributed by atoms with E-state index in [-0.39, 0.29) is 11.8 Å². The van der Waals surface area contributed by atoms with Gasteiger partial charge >= 0.3 is 0 Å². The molecule has 0 saturated heterocycles. The van der Waals surface area contributed by atoms with Crippen molar-refractivity contribution in [3.05, 3.63) is 0 Å². The molecule has 72 valence electrons. The summed E-state index contributed by atoms with van der Waals surface area (Å²) in [6.07, 6.45) is 2.78. The highest BCUT2D eigenvalue weighted by atomic mass is 16.2. The minimum absolute atomic E-state index is 0.118. The van der Waals surface area contributed by atoms with Crippen LogP contribution < -0.4 is 0 Å². The third-order valence-corrected chi connectivity index (χ3v) is 2.17. The fourth-order valence-corrected chi connectivity index (χ4v) is 1.42. The van der Waals surface area contributed by atoms with E-state index in [1.165, 1.54) is 0 Å².